The first-order valence-electron chi connectivity index (χ1n) is 5.06. The smallest absolute Gasteiger partial charge is 0.276 e. The van der Waals surface area contributed by atoms with E-state index in [4.69, 9.17) is 0 Å². The second kappa shape index (κ2) is 2.93. The summed E-state index contributed by atoms with van der Waals surface area (Å²) >= 11 is 0. The van der Waals surface area contributed by atoms with Crippen LogP contribution in [0, 0.1) is 10.1 Å². The number of benzene rings is 1. The Balaban J connectivity index is 2.06. The second-order valence-electron chi connectivity index (χ2n) is 3.97. The summed E-state index contributed by atoms with van der Waals surface area (Å²) in [5.41, 5.74) is 5.23. The van der Waals surface area contributed by atoms with Crippen molar-refractivity contribution in [3.8, 4) is 0 Å². The topological polar surface area (TPSA) is 58.4 Å². The molecule has 2 aliphatic rings. The Morgan fingerprint density at radius 1 is 1.47 bits per heavy atom. The van der Waals surface area contributed by atoms with E-state index in [1.807, 2.05) is 6.07 Å². The first-order chi connectivity index (χ1) is 7.27. The average molecular weight is 205 g/mol. The molecule has 1 aromatic rings. The van der Waals surface area contributed by atoms with Gasteiger partial charge in [0.1, 0.15) is 0 Å². The Labute approximate surface area is 86.8 Å². The zero-order valence-corrected chi connectivity index (χ0v) is 8.14. The molecule has 1 heterocycles. The zero-order chi connectivity index (χ0) is 10.4. The van der Waals surface area contributed by atoms with Gasteiger partial charge in [0, 0.05) is 18.7 Å². The zero-order valence-electron chi connectivity index (χ0n) is 8.14. The van der Waals surface area contributed by atoms with Crippen molar-refractivity contribution in [3.05, 3.63) is 33.9 Å². The predicted octanol–water partition coefficient (Wildman–Crippen LogP) is 1.58. The monoisotopic (exact) mass is 205 g/mol. The van der Waals surface area contributed by atoms with E-state index in [1.165, 1.54) is 12.8 Å². The van der Waals surface area contributed by atoms with Crippen LogP contribution in [0.25, 0.3) is 0 Å². The lowest BCUT2D eigenvalue weighted by Crippen LogP contribution is -2.33. The van der Waals surface area contributed by atoms with Gasteiger partial charge in [-0.05, 0) is 18.9 Å². The maximum atomic E-state index is 10.8. The van der Waals surface area contributed by atoms with Crippen molar-refractivity contribution in [1.82, 2.24) is 5.43 Å². The molecule has 0 radical (unpaired) electrons. The molecule has 0 amide bonds. The first kappa shape index (κ1) is 8.67. The number of hydrazine groups is 1. The van der Waals surface area contributed by atoms with Gasteiger partial charge >= 0.3 is 0 Å². The van der Waals surface area contributed by atoms with Crippen LogP contribution in [-0.4, -0.2) is 11.0 Å². The van der Waals surface area contributed by atoms with Gasteiger partial charge in [-0.3, -0.25) is 10.1 Å². The van der Waals surface area contributed by atoms with Crippen molar-refractivity contribution in [2.45, 2.75) is 25.4 Å². The molecule has 5 heteroatoms. The molecule has 1 aliphatic carbocycles. The van der Waals surface area contributed by atoms with Crippen molar-refractivity contribution < 1.29 is 4.92 Å². The van der Waals surface area contributed by atoms with Crippen molar-refractivity contribution in [2.75, 3.05) is 5.01 Å². The molecule has 0 aromatic heterocycles. The third kappa shape index (κ3) is 1.27. The molecule has 0 atom stereocenters. The predicted molar refractivity (Wildman–Crippen MR) is 55.4 cm³/mol. The molecule has 1 aromatic carbocycles. The van der Waals surface area contributed by atoms with E-state index in [1.54, 1.807) is 12.1 Å². The minimum atomic E-state index is -0.309. The van der Waals surface area contributed by atoms with Gasteiger partial charge in [0.25, 0.3) is 5.69 Å². The van der Waals surface area contributed by atoms with Crippen LogP contribution < -0.4 is 10.4 Å². The van der Waals surface area contributed by atoms with Crippen LogP contribution in [0.4, 0.5) is 11.4 Å². The van der Waals surface area contributed by atoms with Crippen LogP contribution in [0.3, 0.4) is 0 Å². The lowest BCUT2D eigenvalue weighted by molar-refractivity contribution is -0.385. The van der Waals surface area contributed by atoms with Crippen LogP contribution >= 0.6 is 0 Å². The molecule has 0 saturated heterocycles. The summed E-state index contributed by atoms with van der Waals surface area (Å²) in [6.07, 6.45) is 2.35. The normalized spacial score (nSPS) is 19.1. The number of anilines is 1. The summed E-state index contributed by atoms with van der Waals surface area (Å²) < 4.78 is 0. The minimum absolute atomic E-state index is 0.225. The number of rotatable bonds is 2. The number of hydrogen-bond donors (Lipinski definition) is 1. The molecular formula is C10H11N3O2. The maximum absolute atomic E-state index is 10.8. The van der Waals surface area contributed by atoms with Gasteiger partial charge in [-0.2, -0.15) is 0 Å². The molecule has 3 rings (SSSR count). The number of nitrogens with zero attached hydrogens (tertiary/aromatic N) is 2. The van der Waals surface area contributed by atoms with Crippen LogP contribution in [0.15, 0.2) is 18.2 Å². The number of nitro groups is 1. The van der Waals surface area contributed by atoms with E-state index in [2.05, 4.69) is 10.4 Å². The molecule has 0 unspecified atom stereocenters. The molecular weight excluding hydrogens is 194 g/mol. The summed E-state index contributed by atoms with van der Waals surface area (Å²) in [6, 6.07) is 5.80. The van der Waals surface area contributed by atoms with Crippen molar-refractivity contribution >= 4 is 11.4 Å². The van der Waals surface area contributed by atoms with Crippen LogP contribution in [-0.2, 0) is 6.54 Å². The summed E-state index contributed by atoms with van der Waals surface area (Å²) in [5.74, 6) is 0. The lowest BCUT2D eigenvalue weighted by atomic mass is 10.1. The highest BCUT2D eigenvalue weighted by atomic mass is 16.6. The molecule has 78 valence electrons. The Bertz CT molecular complexity index is 429. The van der Waals surface area contributed by atoms with E-state index < -0.39 is 0 Å². The highest BCUT2D eigenvalue weighted by Gasteiger charge is 2.36. The van der Waals surface area contributed by atoms with Crippen molar-refractivity contribution in [2.24, 2.45) is 0 Å². The summed E-state index contributed by atoms with van der Waals surface area (Å²) in [7, 11) is 0. The standard InChI is InChI=1S/C10H11N3O2/c14-13(15)10-3-1-2-9-8(10)6-11-12(9)7-4-5-7/h1-3,7,11H,4-6H2. The van der Waals surface area contributed by atoms with Gasteiger partial charge in [0.15, 0.2) is 0 Å². The average Bonchev–Trinajstić information content (AvgIpc) is 2.97. The number of nitrogens with one attached hydrogen (secondary N) is 1. The lowest BCUT2D eigenvalue weighted by Gasteiger charge is -2.17. The minimum Gasteiger partial charge on any atom is -0.304 e. The fourth-order valence-electron chi connectivity index (χ4n) is 2.05. The van der Waals surface area contributed by atoms with Gasteiger partial charge in [0.2, 0.25) is 0 Å². The van der Waals surface area contributed by atoms with Gasteiger partial charge in [-0.15, -0.1) is 0 Å². The molecule has 1 aliphatic heterocycles. The quantitative estimate of drug-likeness (QED) is 0.588. The SMILES string of the molecule is O=[N+]([O-])c1cccc2c1CNN2C1CC1. The van der Waals surface area contributed by atoms with Crippen molar-refractivity contribution in [3.63, 3.8) is 0 Å². The number of fused-ring (bicyclic) bond motifs is 1. The maximum Gasteiger partial charge on any atom is 0.276 e. The van der Waals surface area contributed by atoms with E-state index in [-0.39, 0.29) is 10.6 Å². The van der Waals surface area contributed by atoms with Gasteiger partial charge in [-0.1, -0.05) is 6.07 Å². The molecule has 0 bridgehead atoms. The van der Waals surface area contributed by atoms with E-state index in [0.29, 0.717) is 12.6 Å². The van der Waals surface area contributed by atoms with E-state index >= 15 is 0 Å². The summed E-state index contributed by atoms with van der Waals surface area (Å²) in [6.45, 7) is 0.572. The molecule has 15 heavy (non-hydrogen) atoms. The summed E-state index contributed by atoms with van der Waals surface area (Å²) in [5, 5.41) is 12.9. The van der Waals surface area contributed by atoms with Crippen LogP contribution in [0.2, 0.25) is 0 Å². The van der Waals surface area contributed by atoms with Crippen molar-refractivity contribution in [1.29, 1.82) is 0 Å². The molecule has 1 saturated carbocycles. The Morgan fingerprint density at radius 2 is 2.27 bits per heavy atom. The summed E-state index contributed by atoms with van der Waals surface area (Å²) in [4.78, 5) is 10.5. The largest absolute Gasteiger partial charge is 0.304 e. The Kier molecular flexibility index (Phi) is 1.70. The molecule has 1 fully saturated rings. The fourth-order valence-corrected chi connectivity index (χ4v) is 2.05. The van der Waals surface area contributed by atoms with Gasteiger partial charge in [-0.25, -0.2) is 5.43 Å². The highest BCUT2D eigenvalue weighted by Crippen LogP contribution is 2.38. The number of hydrogen-bond acceptors (Lipinski definition) is 4. The molecule has 5 nitrogen and oxygen atoms in total. The fraction of sp³-hybridized carbons (Fsp3) is 0.400. The number of nitro benzene ring substituents is 1. The molecule has 1 N–H and O–H groups in total. The van der Waals surface area contributed by atoms with Crippen LogP contribution in [0.1, 0.15) is 18.4 Å². The van der Waals surface area contributed by atoms with Crippen LogP contribution in [0.5, 0.6) is 0 Å². The van der Waals surface area contributed by atoms with Gasteiger partial charge < -0.3 is 5.01 Å². The second-order valence-corrected chi connectivity index (χ2v) is 3.97. The van der Waals surface area contributed by atoms with E-state index in [0.717, 1.165) is 11.3 Å². The first-order valence-corrected chi connectivity index (χ1v) is 5.06. The Morgan fingerprint density at radius 3 is 2.93 bits per heavy atom. The Hall–Kier alpha value is -1.62. The molecule has 0 spiro atoms. The van der Waals surface area contributed by atoms with E-state index in [9.17, 15) is 10.1 Å². The third-order valence-electron chi connectivity index (χ3n) is 2.92. The highest BCUT2D eigenvalue weighted by molar-refractivity contribution is 5.65. The third-order valence-corrected chi connectivity index (χ3v) is 2.92. The van der Waals surface area contributed by atoms with Gasteiger partial charge in [0.05, 0.1) is 16.2 Å².